The predicted molar refractivity (Wildman–Crippen MR) is 605 cm³/mol. The third kappa shape index (κ3) is 18.9. The SMILES string of the molecule is CCOC(=O)c1c2c(c(C(c3c4c(c(C(=O)Oc5ccc(C#Cc6ccc(OC(=O)c7c8c(c(C(c9c%10c(c(C(=O)OCC)c%11c9SC(C)(C)S%11)SC(C)(C)S%10)=c9c%10c(c(C(=O)OCC)c%11c9=[S+]C(C)(C)S%11)SC(C)(C)S%10)c9c7SC(C)(C)S9)SC(C)(C)S8)cc6)cc5)c5c3SC(C)(C)S5)SC(C)(C)S4)=c3c4c(c(=C(O)OCC)c5c3SC(C)(C)S5)SC(C)(C)S4)c3c1SC(C)(C)S3)SC(C)(C)S2. The molecule has 0 aromatic heterocycles. The van der Waals surface area contributed by atoms with Gasteiger partial charge in [-0.1, -0.05) is 11.8 Å². The second-order valence-electron chi connectivity index (χ2n) is 39.4. The minimum atomic E-state index is -0.458. The topological polar surface area (TPSA) is 161 Å². The van der Waals surface area contributed by atoms with Crippen LogP contribution in [0.3, 0.4) is 0 Å². The van der Waals surface area contributed by atoms with E-state index in [0.717, 1.165) is 166 Å². The van der Waals surface area contributed by atoms with Gasteiger partial charge in [0.25, 0.3) is 5.95 Å². The van der Waals surface area contributed by atoms with E-state index in [1.165, 1.54) is 0 Å². The van der Waals surface area contributed by atoms with Crippen LogP contribution in [0, 0.1) is 16.4 Å². The summed E-state index contributed by atoms with van der Waals surface area (Å²) in [6.45, 7) is 62.4. The molecule has 0 bridgehead atoms. The maximum Gasteiger partial charge on any atom is 0.345 e. The highest BCUT2D eigenvalue weighted by Gasteiger charge is 2.57. The van der Waals surface area contributed by atoms with Crippen LogP contribution in [0.4, 0.5) is 0 Å². The van der Waals surface area contributed by atoms with E-state index in [-0.39, 0.29) is 76.3 Å². The molecule has 8 aromatic rings. The zero-order valence-electron chi connectivity index (χ0n) is 81.2. The summed E-state index contributed by atoms with van der Waals surface area (Å²) in [6, 6.07) is 14.8. The number of benzene rings is 8. The van der Waals surface area contributed by atoms with Gasteiger partial charge in [-0.3, -0.25) is 0 Å². The molecule has 1 N–H and O–H groups in total. The Morgan fingerprint density at radius 3 is 0.688 bits per heavy atom. The summed E-state index contributed by atoms with van der Waals surface area (Å²) >= 11 is 42.4. The molecule has 20 rings (SSSR count). The van der Waals surface area contributed by atoms with E-state index in [2.05, 4.69) is 178 Å². The van der Waals surface area contributed by atoms with Crippen LogP contribution in [0.5, 0.6) is 11.5 Å². The molecular formula is C102H101O12S24+. The van der Waals surface area contributed by atoms with Crippen LogP contribution in [0.15, 0.2) is 161 Å². The Kier molecular flexibility index (Phi) is 27.3. The summed E-state index contributed by atoms with van der Waals surface area (Å²) < 4.78 is 34.0. The van der Waals surface area contributed by atoms with Gasteiger partial charge in [-0.25, -0.2) is 24.0 Å². The highest BCUT2D eigenvalue weighted by atomic mass is 32.2. The summed E-state index contributed by atoms with van der Waals surface area (Å²) in [5.74, 6) is 5.52. The lowest BCUT2D eigenvalue weighted by Crippen LogP contribution is -2.25. The van der Waals surface area contributed by atoms with Gasteiger partial charge in [-0.15, -0.1) is 259 Å². The lowest BCUT2D eigenvalue weighted by atomic mass is 9.92. The van der Waals surface area contributed by atoms with Crippen LogP contribution in [0.2, 0.25) is 0 Å². The highest BCUT2D eigenvalue weighted by molar-refractivity contribution is 8.25. The van der Waals surface area contributed by atoms with E-state index >= 15 is 9.59 Å². The number of esters is 5. The third-order valence-corrected chi connectivity index (χ3v) is 56.6. The van der Waals surface area contributed by atoms with Crippen molar-refractivity contribution < 1.29 is 57.5 Å². The standard InChI is InChI=1S/C102H100O12S24/c1-29-109-85(103)55-73-61(115-91(5,6)127-73)49(62-74(55)128-92(7,8)116-62)47(50-63-75(129-93(9,10)117-63)56(86(104)110-30-2)76-64(50)118-94(11,12)130-76)53-69-81(135-99(21,22)123-69)59(82-70(53)124-100(23,24)136-82)89(107)113-45-39-35-43(36-40-45)33-34-44-37-41-46(42-38-44)114-90(108)60-83-71(125-101(25,26)137-83)54(72-84(60)138-102(27,28)126-72)48(51-65-77(131-95(13,14)119-65)57(87(105)111-31-3)78-66(51)120-96(15,16)132-78)52-67-79(133-97(17,18)121-67)58(88(106)112-32-4)80-68(52)122-98(19,20)134-80/h35-42H,29-32H2,1-28H3/p+1. The molecule has 0 unspecified atom stereocenters. The molecule has 0 spiro atoms. The molecule has 724 valence electrons. The average molecular weight is 2290 g/mol. The second-order valence-corrected chi connectivity index (χ2v) is 81.7. The zero-order chi connectivity index (χ0) is 98.8. The lowest BCUT2D eigenvalue weighted by molar-refractivity contribution is 0.0507. The molecule has 12 nitrogen and oxygen atoms in total. The Morgan fingerprint density at radius 2 is 0.442 bits per heavy atom. The van der Waals surface area contributed by atoms with Crippen molar-refractivity contribution in [2.24, 2.45) is 0 Å². The van der Waals surface area contributed by atoms with Gasteiger partial charge in [0.15, 0.2) is 0 Å². The van der Waals surface area contributed by atoms with Crippen molar-refractivity contribution in [3.63, 3.8) is 0 Å². The van der Waals surface area contributed by atoms with Crippen molar-refractivity contribution in [1.29, 1.82) is 0 Å². The van der Waals surface area contributed by atoms with E-state index in [9.17, 15) is 19.5 Å². The van der Waals surface area contributed by atoms with Crippen molar-refractivity contribution in [1.82, 2.24) is 0 Å². The van der Waals surface area contributed by atoms with Gasteiger partial charge in [0, 0.05) is 171 Å². The number of aliphatic hydroxyl groups is 1. The first kappa shape index (κ1) is 103. The maximum atomic E-state index is 16.0. The number of fused-ring (bicyclic) bond motifs is 12. The van der Waals surface area contributed by atoms with E-state index in [1.807, 2.05) is 123 Å². The van der Waals surface area contributed by atoms with Crippen molar-refractivity contribution in [3.8, 4) is 23.3 Å². The fourth-order valence-corrected chi connectivity index (χ4v) is 53.6. The molecule has 0 atom stereocenters. The third-order valence-electron chi connectivity index (χ3n) is 22.6. The van der Waals surface area contributed by atoms with E-state index in [0.29, 0.717) is 57.1 Å². The monoisotopic (exact) mass is 2290 g/mol. The lowest BCUT2D eigenvalue weighted by Gasteiger charge is -2.25. The number of carbonyl (C=O) groups is 5. The average Bonchev–Trinajstić information content (AvgIpc) is 1.50. The molecule has 12 heterocycles. The fraction of sp³-hybridized carbons (Fsp3) is 0.431. The smallest absolute Gasteiger partial charge is 0.345 e. The fourth-order valence-electron chi connectivity index (χ4n) is 18.2. The van der Waals surface area contributed by atoms with Crippen LogP contribution in [0.1, 0.15) is 279 Å². The first-order chi connectivity index (χ1) is 64.4. The Morgan fingerprint density at radius 1 is 0.246 bits per heavy atom. The van der Waals surface area contributed by atoms with Crippen LogP contribution in [-0.4, -0.2) is 110 Å². The molecule has 0 radical (unpaired) electrons. The van der Waals surface area contributed by atoms with Gasteiger partial charge in [0.05, 0.1) is 114 Å². The maximum absolute atomic E-state index is 16.0. The van der Waals surface area contributed by atoms with Crippen LogP contribution < -0.4 is 25.1 Å². The number of rotatable bonds is 16. The molecular weight excluding hydrogens is 2190 g/mol. The largest absolute Gasteiger partial charge is 0.480 e. The molecule has 12 aliphatic heterocycles. The Bertz CT molecular complexity index is 6960. The quantitative estimate of drug-likeness (QED) is 0.0243. The van der Waals surface area contributed by atoms with Gasteiger partial charge < -0.3 is 33.5 Å². The molecule has 36 heteroatoms. The van der Waals surface area contributed by atoms with Gasteiger partial charge in [-0.05, 0) is 240 Å². The Labute approximate surface area is 910 Å². The number of hydrogen-bond donors (Lipinski definition) is 1. The number of ether oxygens (including phenoxy) is 6. The Balaban J connectivity index is 0.677. The number of thioether (sulfide) groups is 23. The number of carbonyl (C=O) groups excluding carboxylic acids is 5. The summed E-state index contributed by atoms with van der Waals surface area (Å²) in [4.78, 5) is 99.0. The first-order valence-electron chi connectivity index (χ1n) is 45.1. The van der Waals surface area contributed by atoms with Gasteiger partial charge in [-0.2, -0.15) is 0 Å². The van der Waals surface area contributed by atoms with Crippen LogP contribution >= 0.6 is 271 Å². The summed E-state index contributed by atoms with van der Waals surface area (Å²) in [5, 5.41) is 15.2. The summed E-state index contributed by atoms with van der Waals surface area (Å²) in [5.41, 5.74) is 10.7. The second kappa shape index (κ2) is 36.5. The Hall–Kier alpha value is -1.85. The zero-order valence-corrected chi connectivity index (χ0v) is 101. The number of hydrogen-bond acceptors (Lipinski definition) is 35. The molecule has 0 aliphatic carbocycles. The summed E-state index contributed by atoms with van der Waals surface area (Å²) in [7, 11) is 0. The molecule has 138 heavy (non-hydrogen) atoms. The van der Waals surface area contributed by atoms with Crippen LogP contribution in [0.25, 0.3) is 17.1 Å². The molecule has 8 aromatic carbocycles. The minimum Gasteiger partial charge on any atom is -0.480 e. The van der Waals surface area contributed by atoms with Gasteiger partial charge in [0.2, 0.25) is 19.9 Å². The molecule has 12 aliphatic rings. The van der Waals surface area contributed by atoms with Crippen molar-refractivity contribution in [3.05, 3.63) is 130 Å². The molecule has 0 fully saturated rings. The summed E-state index contributed by atoms with van der Waals surface area (Å²) in [6.07, 6.45) is 0. The van der Waals surface area contributed by atoms with E-state index in [1.54, 1.807) is 235 Å². The van der Waals surface area contributed by atoms with Crippen LogP contribution in [-0.2, 0) is 30.3 Å². The molecule has 0 saturated carbocycles. The molecule has 0 amide bonds. The number of aliphatic hydroxyl groups excluding tert-OH is 1. The predicted octanol–water partition coefficient (Wildman–Crippen LogP) is 32.7. The van der Waals surface area contributed by atoms with Crippen molar-refractivity contribution in [2.45, 2.75) is 355 Å². The highest BCUT2D eigenvalue weighted by Crippen LogP contribution is 2.76. The van der Waals surface area contributed by atoms with Gasteiger partial charge >= 0.3 is 29.8 Å². The van der Waals surface area contributed by atoms with Crippen molar-refractivity contribution >= 4 is 329 Å². The van der Waals surface area contributed by atoms with E-state index in [4.69, 9.17) is 28.4 Å². The van der Waals surface area contributed by atoms with Crippen molar-refractivity contribution in [2.75, 3.05) is 26.4 Å². The minimum absolute atomic E-state index is 0.0781. The van der Waals surface area contributed by atoms with E-state index < -0.39 is 28.3 Å². The first-order valence-corrected chi connectivity index (χ1v) is 64.6. The normalized spacial score (nSPS) is 20.9. The van der Waals surface area contributed by atoms with Gasteiger partial charge in [0.1, 0.15) is 11.5 Å². The molecule has 0 saturated heterocycles.